The van der Waals surface area contributed by atoms with Crippen LogP contribution in [0.4, 0.5) is 22.7 Å². The maximum atomic E-state index is 7.00. The van der Waals surface area contributed by atoms with E-state index in [1.807, 2.05) is 0 Å². The van der Waals surface area contributed by atoms with Crippen molar-refractivity contribution in [3.63, 3.8) is 0 Å². The fraction of sp³-hybridized carbons (Fsp3) is 0.417. The van der Waals surface area contributed by atoms with Gasteiger partial charge in [-0.25, -0.2) is 0 Å². The standard InChI is InChI=1S/C48H66B2Ge2N6/c1-18-44(52-57(47-40(14)27-21-28-41(47)15)50(54(34(6)7)35(8)9)58(52)48-42(16)29-22-30-43(48)17)31-51-55(45-36(10)23-19-24-37(45)11)49(53(32(2)3)33(4)5)56(51)46-38(12)25-20-26-39(46)13/h1,19-35H,2-17H3/b44-31-. The Hall–Kier alpha value is -3.48. The minimum absolute atomic E-state index is 0.0345. The van der Waals surface area contributed by atoms with Crippen molar-refractivity contribution in [2.45, 2.75) is 135 Å². The topological polar surface area (TPSA) is 19.4 Å². The van der Waals surface area contributed by atoms with Gasteiger partial charge in [0.25, 0.3) is 0 Å². The summed E-state index contributed by atoms with van der Waals surface area (Å²) in [5, 5.41) is 0. The zero-order valence-electron chi connectivity index (χ0n) is 38.2. The van der Waals surface area contributed by atoms with Gasteiger partial charge in [0.05, 0.1) is 0 Å². The van der Waals surface area contributed by atoms with Crippen LogP contribution in [0.5, 0.6) is 0 Å². The Labute approximate surface area is 363 Å². The molecule has 2 saturated heterocycles. The molecule has 2 radical (unpaired) electrons. The second-order valence-corrected chi connectivity index (χ2v) is 26.4. The van der Waals surface area contributed by atoms with Gasteiger partial charge in [0, 0.05) is 0 Å². The Kier molecular flexibility index (Phi) is 13.4. The van der Waals surface area contributed by atoms with E-state index in [4.69, 9.17) is 6.42 Å². The van der Waals surface area contributed by atoms with Gasteiger partial charge in [0.1, 0.15) is 0 Å². The summed E-state index contributed by atoms with van der Waals surface area (Å²) in [6, 6.07) is 28.5. The first-order valence-electron chi connectivity index (χ1n) is 21.3. The summed E-state index contributed by atoms with van der Waals surface area (Å²) in [7, 11) is 0.0955. The van der Waals surface area contributed by atoms with Gasteiger partial charge in [-0.3, -0.25) is 0 Å². The molecule has 0 aromatic heterocycles. The number of nitrogens with zero attached hydrogens (tertiary/aromatic N) is 6. The van der Waals surface area contributed by atoms with Crippen LogP contribution in [0.3, 0.4) is 0 Å². The van der Waals surface area contributed by atoms with E-state index in [-0.39, 0.29) is 14.2 Å². The molecule has 0 bridgehead atoms. The molecule has 0 amide bonds. The van der Waals surface area contributed by atoms with E-state index in [1.165, 1.54) is 71.7 Å². The summed E-state index contributed by atoms with van der Waals surface area (Å²) in [4.78, 5) is 8.09. The quantitative estimate of drug-likeness (QED) is 0.104. The number of anilines is 4. The van der Waals surface area contributed by atoms with Crippen LogP contribution in [0, 0.1) is 67.7 Å². The molecule has 2 aliphatic heterocycles. The molecule has 2 heterocycles. The van der Waals surface area contributed by atoms with E-state index in [1.54, 1.807) is 0 Å². The Morgan fingerprint density at radius 2 is 0.724 bits per heavy atom. The number of para-hydroxylation sites is 4. The van der Waals surface area contributed by atoms with E-state index in [2.05, 4.69) is 219 Å². The van der Waals surface area contributed by atoms with Crippen LogP contribution in [0.2, 0.25) is 0 Å². The molecule has 302 valence electrons. The van der Waals surface area contributed by atoms with Crippen molar-refractivity contribution in [2.75, 3.05) is 15.1 Å². The third-order valence-corrected chi connectivity index (χ3v) is 24.0. The first-order valence-corrected chi connectivity index (χ1v) is 27.3. The van der Waals surface area contributed by atoms with Crippen molar-refractivity contribution in [3.8, 4) is 12.3 Å². The zero-order chi connectivity index (χ0) is 42.5. The van der Waals surface area contributed by atoms with Crippen molar-refractivity contribution in [3.05, 3.63) is 127 Å². The van der Waals surface area contributed by atoms with Crippen molar-refractivity contribution >= 4 is 66.6 Å². The van der Waals surface area contributed by atoms with Gasteiger partial charge >= 0.3 is 365 Å². The molecule has 2 aliphatic rings. The van der Waals surface area contributed by atoms with Crippen LogP contribution in [0.15, 0.2) is 82.1 Å². The summed E-state index contributed by atoms with van der Waals surface area (Å²) in [5.74, 6) is 3.50. The zero-order valence-corrected chi connectivity index (χ0v) is 42.4. The van der Waals surface area contributed by atoms with E-state index in [0.717, 1.165) is 0 Å². The van der Waals surface area contributed by atoms with Gasteiger partial charge in [-0.15, -0.1) is 0 Å². The molecule has 6 rings (SSSR count). The molecule has 4 aromatic carbocycles. The van der Waals surface area contributed by atoms with Gasteiger partial charge in [-0.2, -0.15) is 0 Å². The second-order valence-electron chi connectivity index (χ2n) is 17.8. The second kappa shape index (κ2) is 17.6. The molecule has 4 aromatic rings. The van der Waals surface area contributed by atoms with Crippen molar-refractivity contribution in [2.24, 2.45) is 0 Å². The van der Waals surface area contributed by atoms with Gasteiger partial charge in [-0.1, -0.05) is 0 Å². The molecule has 0 aliphatic carbocycles. The van der Waals surface area contributed by atoms with Crippen LogP contribution < -0.4 is 15.1 Å². The Morgan fingerprint density at radius 3 is 0.966 bits per heavy atom. The number of aryl methyl sites for hydroxylation is 8. The van der Waals surface area contributed by atoms with Crippen molar-refractivity contribution in [1.29, 1.82) is 0 Å². The summed E-state index contributed by atoms with van der Waals surface area (Å²) in [6.45, 7) is 37.2. The first-order chi connectivity index (χ1) is 27.4. The molecular weight excluding hydrogens is 827 g/mol. The Balaban J connectivity index is 1.69. The molecule has 6 nitrogen and oxygen atoms in total. The normalized spacial score (nSPS) is 15.6. The Morgan fingerprint density at radius 1 is 0.483 bits per heavy atom. The Bertz CT molecular complexity index is 2000. The average molecular weight is 894 g/mol. The van der Waals surface area contributed by atoms with Gasteiger partial charge in [0.2, 0.25) is 0 Å². The molecule has 2 fully saturated rings. The molecule has 0 unspecified atom stereocenters. The summed E-state index contributed by atoms with van der Waals surface area (Å²) >= 11 is -5.32. The number of benzene rings is 4. The number of hydrogen-bond acceptors (Lipinski definition) is 6. The predicted molar refractivity (Wildman–Crippen MR) is 258 cm³/mol. The monoisotopic (exact) mass is 896 g/mol. The van der Waals surface area contributed by atoms with Crippen molar-refractivity contribution < 1.29 is 0 Å². The molecule has 10 heteroatoms. The van der Waals surface area contributed by atoms with E-state index >= 15 is 0 Å². The van der Waals surface area contributed by atoms with Gasteiger partial charge in [0.15, 0.2) is 0 Å². The predicted octanol–water partition coefficient (Wildman–Crippen LogP) is 10.3. The molecule has 58 heavy (non-hydrogen) atoms. The van der Waals surface area contributed by atoms with Crippen LogP contribution in [-0.2, 0) is 0 Å². The third-order valence-electron chi connectivity index (χ3n) is 12.2. The van der Waals surface area contributed by atoms with E-state index < -0.39 is 29.6 Å². The molecule has 0 atom stereocenters. The van der Waals surface area contributed by atoms with Crippen LogP contribution in [-0.4, -0.2) is 77.6 Å². The van der Waals surface area contributed by atoms with Crippen molar-refractivity contribution in [1.82, 2.24) is 9.62 Å². The van der Waals surface area contributed by atoms with Crippen LogP contribution in [0.1, 0.15) is 99.9 Å². The number of hydrogen-bond donors (Lipinski definition) is 0. The van der Waals surface area contributed by atoms with Crippen LogP contribution >= 0.6 is 0 Å². The van der Waals surface area contributed by atoms with E-state index in [9.17, 15) is 0 Å². The van der Waals surface area contributed by atoms with Gasteiger partial charge < -0.3 is 0 Å². The summed E-state index contributed by atoms with van der Waals surface area (Å²) in [6.07, 6.45) is 7.00. The van der Waals surface area contributed by atoms with Crippen LogP contribution in [0.25, 0.3) is 0 Å². The van der Waals surface area contributed by atoms with Gasteiger partial charge in [-0.05, 0) is 0 Å². The first kappa shape index (κ1) is 44.1. The number of allylic oxidation sites excluding steroid dienone is 1. The fourth-order valence-electron chi connectivity index (χ4n) is 9.94. The third kappa shape index (κ3) is 7.70. The number of terminal acetylenes is 1. The molecular formula is C48H66B2Ge2N6. The molecule has 0 spiro atoms. The summed E-state index contributed by atoms with van der Waals surface area (Å²) in [5.41, 5.74) is 15.9. The molecule has 0 N–H and O–H groups in total. The summed E-state index contributed by atoms with van der Waals surface area (Å²) < 4.78 is 12.6. The maximum absolute atomic E-state index is 7.00. The average Bonchev–Trinajstić information content (AvgIpc) is 3.12. The SMILES string of the molecule is C#C/[C](=[CH]/[Ge]1[N](c2c(C)cccc2C)B(N(C(C)C)C(C)C)[N]1c1c(C)cccc1C)[Ge]1[N](c2c(C)cccc2C)B(N(C(C)C)C(C)C)[N]1c1c(C)cccc1C. The minimum atomic E-state index is -2.72. The van der Waals surface area contributed by atoms with E-state index in [0.29, 0.717) is 24.2 Å². The molecule has 0 saturated carbocycles. The number of rotatable bonds is 12. The fourth-order valence-corrected chi connectivity index (χ4v) is 24.8.